The molecule has 3 heterocycles. The molecule has 0 radical (unpaired) electrons. The highest BCUT2D eigenvalue weighted by atomic mass is 32.2. The number of rotatable bonds is 8. The summed E-state index contributed by atoms with van der Waals surface area (Å²) in [7, 11) is 0. The Morgan fingerprint density at radius 2 is 2.07 bits per heavy atom. The van der Waals surface area contributed by atoms with Gasteiger partial charge in [-0.05, 0) is 25.5 Å². The van der Waals surface area contributed by atoms with Crippen LogP contribution in [0.25, 0.3) is 11.2 Å². The van der Waals surface area contributed by atoms with Gasteiger partial charge in [0.15, 0.2) is 33.6 Å². The Hall–Kier alpha value is -2.96. The van der Waals surface area contributed by atoms with Gasteiger partial charge in [0, 0.05) is 29.1 Å². The van der Waals surface area contributed by atoms with E-state index in [0.29, 0.717) is 28.9 Å². The monoisotopic (exact) mass is 424 g/mol. The van der Waals surface area contributed by atoms with Gasteiger partial charge in [0.25, 0.3) is 0 Å². The third kappa shape index (κ3) is 4.15. The summed E-state index contributed by atoms with van der Waals surface area (Å²) in [5.41, 5.74) is 8.11. The first-order chi connectivity index (χ1) is 14.6. The van der Waals surface area contributed by atoms with Crippen molar-refractivity contribution in [1.29, 1.82) is 0 Å². The fourth-order valence-electron chi connectivity index (χ4n) is 3.22. The van der Waals surface area contributed by atoms with E-state index < -0.39 is 0 Å². The third-order valence-corrected chi connectivity index (χ3v) is 5.77. The number of unbranched alkanes of at least 4 members (excludes halogenated alkanes) is 1. The van der Waals surface area contributed by atoms with Gasteiger partial charge in [-0.3, -0.25) is 0 Å². The highest BCUT2D eigenvalue weighted by Crippen LogP contribution is 2.41. The van der Waals surface area contributed by atoms with Crippen LogP contribution in [0.5, 0.6) is 11.5 Å². The van der Waals surface area contributed by atoms with E-state index in [1.165, 1.54) is 18.1 Å². The molecule has 1 aliphatic rings. The van der Waals surface area contributed by atoms with Crippen molar-refractivity contribution in [2.75, 3.05) is 19.1 Å². The van der Waals surface area contributed by atoms with Crippen LogP contribution in [-0.4, -0.2) is 38.9 Å². The van der Waals surface area contributed by atoms with Crippen LogP contribution in [0.4, 0.5) is 5.82 Å². The van der Waals surface area contributed by atoms with Crippen molar-refractivity contribution < 1.29 is 9.47 Å². The molecule has 9 heteroatoms. The Bertz CT molecular complexity index is 1110. The van der Waals surface area contributed by atoms with Gasteiger partial charge in [-0.25, -0.2) is 15.0 Å². The lowest BCUT2D eigenvalue weighted by atomic mass is 10.2. The molecule has 0 amide bonds. The molecule has 0 aliphatic carbocycles. The van der Waals surface area contributed by atoms with Gasteiger partial charge in [0.05, 0.1) is 0 Å². The molecule has 1 aromatic carbocycles. The van der Waals surface area contributed by atoms with E-state index in [1.807, 2.05) is 12.1 Å². The summed E-state index contributed by atoms with van der Waals surface area (Å²) < 4.78 is 13.0. The number of aryl methyl sites for hydroxylation is 1. The minimum Gasteiger partial charge on any atom is -0.454 e. The SMILES string of the molecule is C#Cc1cc2c(cc1Sc1nc3c(N)ncnc3n1CCCCNC(C)C)OCO2. The molecule has 2 aromatic heterocycles. The summed E-state index contributed by atoms with van der Waals surface area (Å²) in [5.74, 6) is 4.43. The molecule has 1 aliphatic heterocycles. The molecule has 0 unspecified atom stereocenters. The standard InChI is InChI=1S/C21H24N6O2S/c1-4-14-9-15-16(29-12-28-15)10-17(14)30-21-26-18-19(22)24-11-25-20(18)27(21)8-6-5-7-23-13(2)3/h1,9-11,13,23H,5-8,12H2,2-3H3,(H2,22,24,25). The van der Waals surface area contributed by atoms with Crippen molar-refractivity contribution in [2.24, 2.45) is 0 Å². The summed E-state index contributed by atoms with van der Waals surface area (Å²) in [4.78, 5) is 14.1. The second kappa shape index (κ2) is 8.81. The molecule has 3 N–H and O–H groups in total. The number of nitrogen functional groups attached to an aromatic ring is 1. The second-order valence-electron chi connectivity index (χ2n) is 7.24. The number of nitrogens with one attached hydrogen (secondary N) is 1. The smallest absolute Gasteiger partial charge is 0.231 e. The summed E-state index contributed by atoms with van der Waals surface area (Å²) in [5, 5.41) is 4.21. The first kappa shape index (κ1) is 20.3. The van der Waals surface area contributed by atoms with E-state index in [0.717, 1.165) is 47.2 Å². The van der Waals surface area contributed by atoms with E-state index in [1.54, 1.807) is 0 Å². The van der Waals surface area contributed by atoms with Gasteiger partial charge in [0.1, 0.15) is 6.33 Å². The number of hydrogen-bond donors (Lipinski definition) is 2. The fraction of sp³-hybridized carbons (Fsp3) is 0.381. The maximum atomic E-state index is 6.06. The number of anilines is 1. The number of nitrogens with two attached hydrogens (primary N) is 1. The Balaban J connectivity index is 1.64. The van der Waals surface area contributed by atoms with Crippen molar-refractivity contribution in [3.05, 3.63) is 24.0 Å². The average Bonchev–Trinajstić information content (AvgIpc) is 3.32. The second-order valence-corrected chi connectivity index (χ2v) is 8.25. The molecular formula is C21H24N6O2S. The molecule has 8 nitrogen and oxygen atoms in total. The fourth-order valence-corrected chi connectivity index (χ4v) is 4.23. The molecule has 0 spiro atoms. The van der Waals surface area contributed by atoms with Gasteiger partial charge in [-0.1, -0.05) is 31.5 Å². The Morgan fingerprint density at radius 3 is 2.83 bits per heavy atom. The van der Waals surface area contributed by atoms with Gasteiger partial charge in [-0.2, -0.15) is 0 Å². The van der Waals surface area contributed by atoms with Crippen molar-refractivity contribution in [3.63, 3.8) is 0 Å². The molecule has 3 aromatic rings. The first-order valence-electron chi connectivity index (χ1n) is 9.85. The molecule has 4 rings (SSSR count). The summed E-state index contributed by atoms with van der Waals surface area (Å²) >= 11 is 1.47. The van der Waals surface area contributed by atoms with Gasteiger partial charge >= 0.3 is 0 Å². The van der Waals surface area contributed by atoms with E-state index in [4.69, 9.17) is 26.6 Å². The number of ether oxygens (including phenoxy) is 2. The Kier molecular flexibility index (Phi) is 5.97. The number of fused-ring (bicyclic) bond motifs is 2. The highest BCUT2D eigenvalue weighted by molar-refractivity contribution is 7.99. The summed E-state index contributed by atoms with van der Waals surface area (Å²) in [6.45, 7) is 6.22. The van der Waals surface area contributed by atoms with E-state index in [2.05, 4.69) is 39.6 Å². The number of terminal acetylenes is 1. The average molecular weight is 425 g/mol. The predicted octanol–water partition coefficient (Wildman–Crippen LogP) is 3.05. The minimum atomic E-state index is 0.197. The first-order valence-corrected chi connectivity index (χ1v) is 10.7. The lowest BCUT2D eigenvalue weighted by Crippen LogP contribution is -2.23. The zero-order chi connectivity index (χ0) is 21.1. The molecule has 0 atom stereocenters. The summed E-state index contributed by atoms with van der Waals surface area (Å²) in [6, 6.07) is 4.20. The molecule has 0 bridgehead atoms. The van der Waals surface area contributed by atoms with Crippen LogP contribution in [0.3, 0.4) is 0 Å². The normalized spacial score (nSPS) is 12.6. The number of nitrogens with zero attached hydrogens (tertiary/aromatic N) is 4. The van der Waals surface area contributed by atoms with E-state index in [-0.39, 0.29) is 6.79 Å². The number of hydrogen-bond acceptors (Lipinski definition) is 8. The topological polar surface area (TPSA) is 100 Å². The van der Waals surface area contributed by atoms with Gasteiger partial charge < -0.3 is 25.1 Å². The number of aromatic nitrogens is 4. The molecule has 0 fully saturated rings. The third-order valence-electron chi connectivity index (χ3n) is 4.72. The lowest BCUT2D eigenvalue weighted by molar-refractivity contribution is 0.174. The van der Waals surface area contributed by atoms with E-state index >= 15 is 0 Å². The molecule has 0 saturated carbocycles. The largest absolute Gasteiger partial charge is 0.454 e. The van der Waals surface area contributed by atoms with Crippen LogP contribution >= 0.6 is 11.8 Å². The van der Waals surface area contributed by atoms with Crippen LogP contribution in [0.1, 0.15) is 32.3 Å². The maximum absolute atomic E-state index is 6.06. The minimum absolute atomic E-state index is 0.197. The van der Waals surface area contributed by atoms with E-state index in [9.17, 15) is 0 Å². The number of benzene rings is 1. The maximum Gasteiger partial charge on any atom is 0.231 e. The van der Waals surface area contributed by atoms with Gasteiger partial charge in [0.2, 0.25) is 6.79 Å². The molecule has 156 valence electrons. The van der Waals surface area contributed by atoms with Crippen molar-refractivity contribution in [1.82, 2.24) is 24.8 Å². The molecular weight excluding hydrogens is 400 g/mol. The highest BCUT2D eigenvalue weighted by Gasteiger charge is 2.21. The predicted molar refractivity (Wildman–Crippen MR) is 117 cm³/mol. The van der Waals surface area contributed by atoms with Crippen LogP contribution in [-0.2, 0) is 6.54 Å². The van der Waals surface area contributed by atoms with Crippen LogP contribution in [0.2, 0.25) is 0 Å². The quantitative estimate of drug-likeness (QED) is 0.420. The Morgan fingerprint density at radius 1 is 1.27 bits per heavy atom. The Labute approximate surface area is 179 Å². The van der Waals surface area contributed by atoms with Crippen molar-refractivity contribution >= 4 is 28.7 Å². The van der Waals surface area contributed by atoms with Crippen LogP contribution in [0.15, 0.2) is 28.5 Å². The lowest BCUT2D eigenvalue weighted by Gasteiger charge is -2.11. The summed E-state index contributed by atoms with van der Waals surface area (Å²) in [6.07, 6.45) is 9.23. The van der Waals surface area contributed by atoms with Crippen LogP contribution < -0.4 is 20.5 Å². The molecule has 30 heavy (non-hydrogen) atoms. The van der Waals surface area contributed by atoms with Crippen molar-refractivity contribution in [2.45, 2.75) is 49.3 Å². The zero-order valence-corrected chi connectivity index (χ0v) is 17.8. The zero-order valence-electron chi connectivity index (χ0n) is 17.0. The molecule has 0 saturated heterocycles. The van der Waals surface area contributed by atoms with Gasteiger partial charge in [-0.15, -0.1) is 6.42 Å². The number of imidazole rings is 1. The van der Waals surface area contributed by atoms with Crippen molar-refractivity contribution in [3.8, 4) is 23.8 Å². The van der Waals surface area contributed by atoms with Crippen LogP contribution in [0, 0.1) is 12.3 Å².